The molecule has 258 valence electrons. The Hall–Kier alpha value is -0.120. The molecule has 43 heavy (non-hydrogen) atoms. The van der Waals surface area contributed by atoms with Gasteiger partial charge in [-0.15, -0.1) is 0 Å². The summed E-state index contributed by atoms with van der Waals surface area (Å²) in [7, 11) is 0. The molecule has 0 aromatic carbocycles. The summed E-state index contributed by atoms with van der Waals surface area (Å²) in [6.07, 6.45) is 23.6. The fourth-order valence-corrected chi connectivity index (χ4v) is 7.45. The van der Waals surface area contributed by atoms with Gasteiger partial charge in [0.15, 0.2) is 0 Å². The summed E-state index contributed by atoms with van der Waals surface area (Å²) < 4.78 is 6.38. The van der Waals surface area contributed by atoms with E-state index in [-0.39, 0.29) is 12.2 Å². The molecule has 0 saturated carbocycles. The molecule has 0 unspecified atom stereocenters. The lowest BCUT2D eigenvalue weighted by Crippen LogP contribution is -2.44. The molecule has 0 radical (unpaired) electrons. The normalized spacial score (nSPS) is 23.3. The van der Waals surface area contributed by atoms with Gasteiger partial charge in [-0.1, -0.05) is 158 Å². The molecule has 0 aromatic rings. The van der Waals surface area contributed by atoms with Gasteiger partial charge in [0.05, 0.1) is 23.4 Å². The van der Waals surface area contributed by atoms with Gasteiger partial charge in [0.1, 0.15) is 0 Å². The molecule has 1 aliphatic rings. The molecular weight excluding hydrogens is 528 g/mol. The van der Waals surface area contributed by atoms with E-state index in [0.717, 1.165) is 74.0 Å². The molecule has 0 amide bonds. The van der Waals surface area contributed by atoms with Gasteiger partial charge in [0, 0.05) is 0 Å². The van der Waals surface area contributed by atoms with E-state index in [1.807, 2.05) is 13.8 Å². The Morgan fingerprint density at radius 2 is 0.721 bits per heavy atom. The fraction of sp³-hybridized carbons (Fsp3) is 1.00. The van der Waals surface area contributed by atoms with Crippen LogP contribution >= 0.6 is 0 Å². The van der Waals surface area contributed by atoms with Crippen molar-refractivity contribution in [3.05, 3.63) is 0 Å². The molecule has 3 heteroatoms. The molecule has 0 aromatic heterocycles. The highest BCUT2D eigenvalue weighted by molar-refractivity contribution is 4.94. The number of aliphatic hydroxyl groups is 2. The van der Waals surface area contributed by atoms with Crippen LogP contribution in [-0.4, -0.2) is 33.6 Å². The number of rotatable bonds is 26. The summed E-state index contributed by atoms with van der Waals surface area (Å²) in [6.45, 7) is 22.8. The average Bonchev–Trinajstić information content (AvgIpc) is 3.41. The van der Waals surface area contributed by atoms with Crippen molar-refractivity contribution in [2.75, 3.05) is 0 Å². The van der Waals surface area contributed by atoms with Crippen molar-refractivity contribution < 1.29 is 14.9 Å². The van der Waals surface area contributed by atoms with Crippen molar-refractivity contribution in [2.24, 2.45) is 35.5 Å². The summed E-state index contributed by atoms with van der Waals surface area (Å²) in [5.74, 6) is 4.80. The lowest BCUT2D eigenvalue weighted by molar-refractivity contribution is -0.147. The molecule has 0 bridgehead atoms. The number of ether oxygens (including phenoxy) is 1. The van der Waals surface area contributed by atoms with Crippen molar-refractivity contribution in [3.63, 3.8) is 0 Å². The first kappa shape index (κ1) is 40.9. The van der Waals surface area contributed by atoms with Gasteiger partial charge < -0.3 is 14.9 Å². The van der Waals surface area contributed by atoms with Crippen LogP contribution in [0.25, 0.3) is 0 Å². The molecule has 1 rings (SSSR count). The molecule has 1 heterocycles. The molecule has 2 N–H and O–H groups in total. The van der Waals surface area contributed by atoms with Crippen molar-refractivity contribution in [2.45, 2.75) is 221 Å². The van der Waals surface area contributed by atoms with E-state index < -0.39 is 11.2 Å². The smallest absolute Gasteiger partial charge is 0.0880 e. The van der Waals surface area contributed by atoms with Crippen LogP contribution in [0, 0.1) is 35.5 Å². The number of hydrogen-bond donors (Lipinski definition) is 2. The Kier molecular flexibility index (Phi) is 20.6. The van der Waals surface area contributed by atoms with Gasteiger partial charge in [0.25, 0.3) is 0 Å². The maximum Gasteiger partial charge on any atom is 0.0880 e. The molecule has 0 aliphatic carbocycles. The molecule has 1 saturated heterocycles. The number of hydrogen-bond acceptors (Lipinski definition) is 3. The van der Waals surface area contributed by atoms with Crippen LogP contribution in [0.4, 0.5) is 0 Å². The maximum absolute atomic E-state index is 11.3. The van der Waals surface area contributed by atoms with Crippen LogP contribution in [0.1, 0.15) is 198 Å². The van der Waals surface area contributed by atoms with Crippen LogP contribution in [0.15, 0.2) is 0 Å². The van der Waals surface area contributed by atoms with Crippen molar-refractivity contribution >= 4 is 0 Å². The third kappa shape index (κ3) is 19.2. The quantitative estimate of drug-likeness (QED) is 0.103. The largest absolute Gasteiger partial charge is 0.387 e. The van der Waals surface area contributed by atoms with Gasteiger partial charge >= 0.3 is 0 Å². The van der Waals surface area contributed by atoms with E-state index in [2.05, 4.69) is 55.4 Å². The SMILES string of the molecule is CC(C)CCC[C@@H](C)CCC[C@@H](C)CCC[C@](C)(O)[C@H]1CC[C@@H]([C@](C)(O)CCC[C@H](C)CCC[C@H](C)CCCC(C)C)O1. The average molecular weight is 609 g/mol. The third-order valence-electron chi connectivity index (χ3n) is 10.9. The topological polar surface area (TPSA) is 49.7 Å². The highest BCUT2D eigenvalue weighted by Gasteiger charge is 2.44. The van der Waals surface area contributed by atoms with Crippen LogP contribution in [-0.2, 0) is 4.74 Å². The van der Waals surface area contributed by atoms with Gasteiger partial charge in [-0.05, 0) is 75.0 Å². The Morgan fingerprint density at radius 1 is 0.465 bits per heavy atom. The Bertz CT molecular complexity index is 613. The summed E-state index contributed by atoms with van der Waals surface area (Å²) in [4.78, 5) is 0. The second kappa shape index (κ2) is 21.6. The second-order valence-electron chi connectivity index (χ2n) is 17.1. The minimum absolute atomic E-state index is 0.160. The zero-order valence-electron chi connectivity index (χ0n) is 31.1. The molecule has 1 aliphatic heterocycles. The first-order valence-corrected chi connectivity index (χ1v) is 19.2. The van der Waals surface area contributed by atoms with E-state index in [1.165, 1.54) is 89.9 Å². The summed E-state index contributed by atoms with van der Waals surface area (Å²) in [5.41, 5.74) is -1.62. The monoisotopic (exact) mass is 609 g/mol. The van der Waals surface area contributed by atoms with Gasteiger partial charge in [-0.2, -0.15) is 0 Å². The molecular formula is C40H80O3. The lowest BCUT2D eigenvalue weighted by Gasteiger charge is -2.34. The Labute approximate surface area is 271 Å². The van der Waals surface area contributed by atoms with E-state index >= 15 is 0 Å². The van der Waals surface area contributed by atoms with Crippen molar-refractivity contribution in [1.29, 1.82) is 0 Å². The summed E-state index contributed by atoms with van der Waals surface area (Å²) in [5, 5.41) is 22.6. The third-order valence-corrected chi connectivity index (χ3v) is 10.9. The fourth-order valence-electron chi connectivity index (χ4n) is 7.45. The second-order valence-corrected chi connectivity index (χ2v) is 17.1. The molecule has 0 spiro atoms. The highest BCUT2D eigenvalue weighted by atomic mass is 16.5. The van der Waals surface area contributed by atoms with Crippen molar-refractivity contribution in [3.8, 4) is 0 Å². The first-order chi connectivity index (χ1) is 20.1. The van der Waals surface area contributed by atoms with Gasteiger partial charge in [-0.3, -0.25) is 0 Å². The van der Waals surface area contributed by atoms with Crippen molar-refractivity contribution in [1.82, 2.24) is 0 Å². The minimum atomic E-state index is -0.810. The molecule has 8 atom stereocenters. The lowest BCUT2D eigenvalue weighted by atomic mass is 9.86. The minimum Gasteiger partial charge on any atom is -0.387 e. The zero-order chi connectivity index (χ0) is 32.5. The molecule has 3 nitrogen and oxygen atoms in total. The zero-order valence-corrected chi connectivity index (χ0v) is 31.1. The van der Waals surface area contributed by atoms with E-state index in [1.54, 1.807) is 0 Å². The van der Waals surface area contributed by atoms with E-state index in [9.17, 15) is 10.2 Å². The first-order valence-electron chi connectivity index (χ1n) is 19.2. The van der Waals surface area contributed by atoms with Crippen LogP contribution in [0.5, 0.6) is 0 Å². The van der Waals surface area contributed by atoms with Crippen LogP contribution in [0.3, 0.4) is 0 Å². The van der Waals surface area contributed by atoms with Crippen LogP contribution < -0.4 is 0 Å². The van der Waals surface area contributed by atoms with E-state index in [4.69, 9.17) is 4.74 Å². The summed E-state index contributed by atoms with van der Waals surface area (Å²) >= 11 is 0. The molecule has 1 fully saturated rings. The Balaban J connectivity index is 2.24. The summed E-state index contributed by atoms with van der Waals surface area (Å²) in [6, 6.07) is 0. The predicted molar refractivity (Wildman–Crippen MR) is 189 cm³/mol. The predicted octanol–water partition coefficient (Wildman–Crippen LogP) is 11.9. The van der Waals surface area contributed by atoms with Gasteiger partial charge in [0.2, 0.25) is 0 Å². The maximum atomic E-state index is 11.3. The highest BCUT2D eigenvalue weighted by Crippen LogP contribution is 2.38. The van der Waals surface area contributed by atoms with Crippen LogP contribution in [0.2, 0.25) is 0 Å². The Morgan fingerprint density at radius 3 is 1.00 bits per heavy atom. The standard InChI is InChI=1S/C40H80O3/c1-31(2)17-11-19-33(5)21-13-23-35(7)25-15-29-39(9,41)37-27-28-38(43-37)40(10,42)30-16-26-36(8)24-14-22-34(6)20-12-18-32(3)4/h31-38,41-42H,11-30H2,1-10H3/t33-,34-,35-,36-,37-,38+,39+,40-/m1/s1. The van der Waals surface area contributed by atoms with E-state index in [0.29, 0.717) is 0 Å². The van der Waals surface area contributed by atoms with Gasteiger partial charge in [-0.25, -0.2) is 0 Å².